The molecule has 0 aromatic rings. The van der Waals surface area contributed by atoms with Gasteiger partial charge in [0.2, 0.25) is 12.6 Å². The average Bonchev–Trinajstić information content (AvgIpc) is 1.95. The Morgan fingerprint density at radius 1 is 1.11 bits per heavy atom. The van der Waals surface area contributed by atoms with E-state index in [1.165, 1.54) is 0 Å². The highest BCUT2D eigenvalue weighted by molar-refractivity contribution is 5.84. The second kappa shape index (κ2) is 3.38. The molecule has 2 nitrogen and oxygen atoms in total. The average molecular weight is 126 g/mol. The monoisotopic (exact) mass is 126 g/mol. The van der Waals surface area contributed by atoms with E-state index >= 15 is 0 Å². The summed E-state index contributed by atoms with van der Waals surface area (Å²) in [5, 5.41) is 0. The number of hydrogen-bond donors (Lipinski definition) is 0. The Kier molecular flexibility index (Phi) is 3.13. The zero-order chi connectivity index (χ0) is 7.33. The molecule has 0 fully saturated rings. The number of carbonyl (C=O) groups excluding carboxylic acids is 2. The predicted octanol–water partition coefficient (Wildman–Crippen LogP) is 1.01. The summed E-state index contributed by atoms with van der Waals surface area (Å²) in [6, 6.07) is 0. The molecule has 0 rings (SSSR count). The molecule has 2 radical (unpaired) electrons. The van der Waals surface area contributed by atoms with Crippen LogP contribution in [0.4, 0.5) is 0 Å². The van der Waals surface area contributed by atoms with Crippen LogP contribution in [-0.4, -0.2) is 12.6 Å². The molecule has 0 aliphatic carbocycles. The van der Waals surface area contributed by atoms with E-state index in [0.717, 1.165) is 0 Å². The Balaban J connectivity index is 4.15. The minimum Gasteiger partial charge on any atom is -0.290 e. The minimum atomic E-state index is -0.944. The number of hydrogen-bond acceptors (Lipinski definition) is 2. The molecule has 0 aromatic heterocycles. The summed E-state index contributed by atoms with van der Waals surface area (Å²) in [6.07, 6.45) is 4.38. The normalized spacial score (nSPS) is 10.9. The van der Waals surface area contributed by atoms with Crippen LogP contribution in [0.25, 0.3) is 0 Å². The summed E-state index contributed by atoms with van der Waals surface area (Å²) < 4.78 is 0. The molecule has 0 amide bonds. The molecule has 0 atom stereocenters. The van der Waals surface area contributed by atoms with Gasteiger partial charge in [-0.1, -0.05) is 13.8 Å². The minimum absolute atomic E-state index is 0.497. The van der Waals surface area contributed by atoms with Gasteiger partial charge in [-0.2, -0.15) is 0 Å². The van der Waals surface area contributed by atoms with Crippen LogP contribution in [0, 0.1) is 5.41 Å². The molecule has 0 heterocycles. The molecule has 0 bridgehead atoms. The van der Waals surface area contributed by atoms with Crippen molar-refractivity contribution in [1.29, 1.82) is 0 Å². The van der Waals surface area contributed by atoms with Crippen molar-refractivity contribution < 1.29 is 9.59 Å². The third-order valence-corrected chi connectivity index (χ3v) is 1.60. The van der Waals surface area contributed by atoms with Crippen LogP contribution in [0.2, 0.25) is 0 Å². The van der Waals surface area contributed by atoms with E-state index in [1.54, 1.807) is 26.4 Å². The lowest BCUT2D eigenvalue weighted by Gasteiger charge is -2.12. The van der Waals surface area contributed by atoms with Gasteiger partial charge >= 0.3 is 0 Å². The van der Waals surface area contributed by atoms with Crippen molar-refractivity contribution in [3.05, 3.63) is 0 Å². The first-order valence-electron chi connectivity index (χ1n) is 3.03. The van der Waals surface area contributed by atoms with Crippen LogP contribution >= 0.6 is 0 Å². The van der Waals surface area contributed by atoms with Crippen molar-refractivity contribution in [2.45, 2.75) is 26.7 Å². The Morgan fingerprint density at radius 3 is 1.44 bits per heavy atom. The Labute approximate surface area is 55.3 Å². The van der Waals surface area contributed by atoms with Crippen LogP contribution in [0.3, 0.4) is 0 Å². The predicted molar refractivity (Wildman–Crippen MR) is 34.4 cm³/mol. The molecule has 9 heavy (non-hydrogen) atoms. The van der Waals surface area contributed by atoms with Gasteiger partial charge in [0.1, 0.15) is 5.41 Å². The molecule has 0 saturated heterocycles. The molecule has 0 aliphatic rings. The van der Waals surface area contributed by atoms with E-state index in [9.17, 15) is 9.59 Å². The van der Waals surface area contributed by atoms with Crippen LogP contribution < -0.4 is 0 Å². The summed E-state index contributed by atoms with van der Waals surface area (Å²) in [4.78, 5) is 20.3. The topological polar surface area (TPSA) is 34.1 Å². The van der Waals surface area contributed by atoms with Crippen LogP contribution in [0.15, 0.2) is 0 Å². The standard InChI is InChI=1S/C7H10O2/c1-3-7(4-2,5-8)6-9/h3-4H2,1-2H3. The first kappa shape index (κ1) is 8.34. The van der Waals surface area contributed by atoms with Crippen LogP contribution in [0.5, 0.6) is 0 Å². The largest absolute Gasteiger partial charge is 0.290 e. The zero-order valence-corrected chi connectivity index (χ0v) is 5.73. The highest BCUT2D eigenvalue weighted by atomic mass is 16.1. The fraction of sp³-hybridized carbons (Fsp3) is 0.714. The fourth-order valence-corrected chi connectivity index (χ4v) is 0.560. The summed E-state index contributed by atoms with van der Waals surface area (Å²) in [7, 11) is 0. The maximum atomic E-state index is 10.1. The van der Waals surface area contributed by atoms with Gasteiger partial charge in [-0.25, -0.2) is 0 Å². The highest BCUT2D eigenvalue weighted by Gasteiger charge is 2.26. The molecule has 2 heteroatoms. The van der Waals surface area contributed by atoms with Crippen molar-refractivity contribution in [3.8, 4) is 0 Å². The second-order valence-corrected chi connectivity index (χ2v) is 1.99. The van der Waals surface area contributed by atoms with Gasteiger partial charge in [0, 0.05) is 0 Å². The van der Waals surface area contributed by atoms with E-state index < -0.39 is 5.41 Å². The molecule has 0 N–H and O–H groups in total. The molecule has 0 aromatic carbocycles. The number of rotatable bonds is 4. The van der Waals surface area contributed by atoms with Crippen LogP contribution in [-0.2, 0) is 9.59 Å². The molecular weight excluding hydrogens is 116 g/mol. The fourth-order valence-electron chi connectivity index (χ4n) is 0.560. The lowest BCUT2D eigenvalue weighted by molar-refractivity contribution is 0.428. The van der Waals surface area contributed by atoms with Gasteiger partial charge in [-0.3, -0.25) is 9.59 Å². The maximum absolute atomic E-state index is 10.1. The van der Waals surface area contributed by atoms with E-state index in [4.69, 9.17) is 0 Å². The lowest BCUT2D eigenvalue weighted by atomic mass is 9.86. The van der Waals surface area contributed by atoms with Crippen molar-refractivity contribution in [2.24, 2.45) is 5.41 Å². The first-order chi connectivity index (χ1) is 4.24. The molecule has 50 valence electrons. The van der Waals surface area contributed by atoms with Gasteiger partial charge in [-0.05, 0) is 12.8 Å². The van der Waals surface area contributed by atoms with Gasteiger partial charge in [-0.15, -0.1) is 0 Å². The molecule has 0 saturated carbocycles. The highest BCUT2D eigenvalue weighted by Crippen LogP contribution is 2.19. The zero-order valence-electron chi connectivity index (χ0n) is 5.73. The maximum Gasteiger partial charge on any atom is 0.213 e. The molecule has 0 aliphatic heterocycles. The van der Waals surface area contributed by atoms with Crippen molar-refractivity contribution in [3.63, 3.8) is 0 Å². The Bertz CT molecular complexity index is 93.5. The SMILES string of the molecule is CCC([C]=O)([C]=O)CC. The van der Waals surface area contributed by atoms with E-state index in [1.807, 2.05) is 0 Å². The Morgan fingerprint density at radius 2 is 1.44 bits per heavy atom. The van der Waals surface area contributed by atoms with Gasteiger partial charge in [0.25, 0.3) is 0 Å². The second-order valence-electron chi connectivity index (χ2n) is 1.99. The van der Waals surface area contributed by atoms with Crippen molar-refractivity contribution in [2.75, 3.05) is 0 Å². The first-order valence-corrected chi connectivity index (χ1v) is 3.03. The third-order valence-electron chi connectivity index (χ3n) is 1.60. The van der Waals surface area contributed by atoms with E-state index in [2.05, 4.69) is 0 Å². The van der Waals surface area contributed by atoms with E-state index in [0.29, 0.717) is 12.8 Å². The van der Waals surface area contributed by atoms with E-state index in [-0.39, 0.29) is 0 Å². The Hall–Kier alpha value is -0.660. The molecular formula is C7H10O2. The third kappa shape index (κ3) is 1.63. The molecule has 0 spiro atoms. The van der Waals surface area contributed by atoms with Crippen molar-refractivity contribution in [1.82, 2.24) is 0 Å². The summed E-state index contributed by atoms with van der Waals surface area (Å²) in [5.41, 5.74) is -0.944. The summed E-state index contributed by atoms with van der Waals surface area (Å²) in [5.74, 6) is 0. The quantitative estimate of drug-likeness (QED) is 0.527. The van der Waals surface area contributed by atoms with Gasteiger partial charge < -0.3 is 0 Å². The van der Waals surface area contributed by atoms with Gasteiger partial charge in [0.15, 0.2) is 0 Å². The van der Waals surface area contributed by atoms with Crippen molar-refractivity contribution >= 4 is 12.6 Å². The van der Waals surface area contributed by atoms with Gasteiger partial charge in [0.05, 0.1) is 0 Å². The van der Waals surface area contributed by atoms with Crippen LogP contribution in [0.1, 0.15) is 26.7 Å². The lowest BCUT2D eigenvalue weighted by Crippen LogP contribution is -2.21. The molecule has 0 unspecified atom stereocenters. The summed E-state index contributed by atoms with van der Waals surface area (Å²) >= 11 is 0. The summed E-state index contributed by atoms with van der Waals surface area (Å²) in [6.45, 7) is 3.55. The smallest absolute Gasteiger partial charge is 0.213 e.